The molecule has 1 atom stereocenters. The van der Waals surface area contributed by atoms with E-state index in [0.717, 1.165) is 11.1 Å². The zero-order valence-electron chi connectivity index (χ0n) is 12.0. The summed E-state index contributed by atoms with van der Waals surface area (Å²) in [5.41, 5.74) is 1.59. The van der Waals surface area contributed by atoms with Gasteiger partial charge in [-0.15, -0.1) is 0 Å². The van der Waals surface area contributed by atoms with Gasteiger partial charge in [0.2, 0.25) is 0 Å². The second kappa shape index (κ2) is 5.93. The van der Waals surface area contributed by atoms with Crippen molar-refractivity contribution in [3.8, 4) is 0 Å². The molecule has 1 aromatic carbocycles. The molecular weight excluding hydrogens is 283 g/mol. The van der Waals surface area contributed by atoms with Gasteiger partial charge in [0, 0.05) is 18.8 Å². The normalized spacial score (nSPS) is 12.3. The summed E-state index contributed by atoms with van der Waals surface area (Å²) in [6.07, 6.45) is 3.93. The van der Waals surface area contributed by atoms with Crippen LogP contribution < -0.4 is 5.69 Å². The van der Waals surface area contributed by atoms with Crippen LogP contribution in [0.1, 0.15) is 29.9 Å². The van der Waals surface area contributed by atoms with Gasteiger partial charge < -0.3 is 0 Å². The molecule has 0 aliphatic rings. The highest BCUT2D eigenvalue weighted by Crippen LogP contribution is 2.18. The molecule has 2 heterocycles. The maximum atomic E-state index is 13.0. The number of pyridine rings is 1. The number of halogens is 1. The Morgan fingerprint density at radius 1 is 1.18 bits per heavy atom. The number of hydrogen-bond acceptors (Lipinski definition) is 3. The standard InChI is InChI=1S/C16H15FN4O/c1-11(13-2-4-14(17)5-3-13)21-15(19-20-16(21)22)10-12-6-8-18-9-7-12/h2-9,11H,10H2,1H3,(H,20,22)/t11-/m1/s1. The van der Waals surface area contributed by atoms with E-state index >= 15 is 0 Å². The zero-order valence-corrected chi connectivity index (χ0v) is 12.0. The Bertz CT molecular complexity index is 808. The van der Waals surface area contributed by atoms with Crippen LogP contribution in [0.3, 0.4) is 0 Å². The van der Waals surface area contributed by atoms with Gasteiger partial charge in [-0.3, -0.25) is 9.55 Å². The molecule has 0 aliphatic carbocycles. The Labute approximate surface area is 126 Å². The number of H-pyrrole nitrogens is 1. The van der Waals surface area contributed by atoms with Crippen molar-refractivity contribution in [3.05, 3.63) is 82.0 Å². The van der Waals surface area contributed by atoms with Crippen LogP contribution in [-0.4, -0.2) is 19.7 Å². The lowest BCUT2D eigenvalue weighted by Gasteiger charge is -2.15. The van der Waals surface area contributed by atoms with Gasteiger partial charge in [-0.1, -0.05) is 12.1 Å². The van der Waals surface area contributed by atoms with E-state index < -0.39 is 0 Å². The largest absolute Gasteiger partial charge is 0.343 e. The first-order valence-electron chi connectivity index (χ1n) is 6.95. The molecule has 0 radical (unpaired) electrons. The topological polar surface area (TPSA) is 63.6 Å². The van der Waals surface area contributed by atoms with Gasteiger partial charge in [0.25, 0.3) is 0 Å². The van der Waals surface area contributed by atoms with Gasteiger partial charge in [0.15, 0.2) is 0 Å². The number of aromatic amines is 1. The highest BCUT2D eigenvalue weighted by Gasteiger charge is 2.16. The smallest absolute Gasteiger partial charge is 0.271 e. The maximum Gasteiger partial charge on any atom is 0.343 e. The molecule has 2 aromatic heterocycles. The highest BCUT2D eigenvalue weighted by atomic mass is 19.1. The lowest BCUT2D eigenvalue weighted by atomic mass is 10.1. The predicted molar refractivity (Wildman–Crippen MR) is 80.1 cm³/mol. The number of rotatable bonds is 4. The number of benzene rings is 1. The molecule has 0 saturated heterocycles. The van der Waals surface area contributed by atoms with E-state index in [1.165, 1.54) is 12.1 Å². The second-order valence-corrected chi connectivity index (χ2v) is 5.07. The second-order valence-electron chi connectivity index (χ2n) is 5.07. The first-order valence-corrected chi connectivity index (χ1v) is 6.95. The van der Waals surface area contributed by atoms with Crippen molar-refractivity contribution in [2.75, 3.05) is 0 Å². The summed E-state index contributed by atoms with van der Waals surface area (Å²) in [4.78, 5) is 16.0. The Morgan fingerprint density at radius 2 is 1.86 bits per heavy atom. The fourth-order valence-corrected chi connectivity index (χ4v) is 2.43. The Balaban J connectivity index is 1.95. The van der Waals surface area contributed by atoms with Crippen LogP contribution >= 0.6 is 0 Å². The Morgan fingerprint density at radius 3 is 2.55 bits per heavy atom. The first-order chi connectivity index (χ1) is 10.6. The SMILES string of the molecule is C[C@H](c1ccc(F)cc1)n1c(Cc2ccncc2)n[nH]c1=O. The van der Waals surface area contributed by atoms with Crippen molar-refractivity contribution in [3.63, 3.8) is 0 Å². The van der Waals surface area contributed by atoms with Crippen molar-refractivity contribution in [2.24, 2.45) is 0 Å². The van der Waals surface area contributed by atoms with Gasteiger partial charge >= 0.3 is 5.69 Å². The quantitative estimate of drug-likeness (QED) is 0.804. The Hall–Kier alpha value is -2.76. The molecule has 3 rings (SSSR count). The van der Waals surface area contributed by atoms with Crippen molar-refractivity contribution < 1.29 is 4.39 Å². The summed E-state index contributed by atoms with van der Waals surface area (Å²) in [5, 5.41) is 6.59. The lowest BCUT2D eigenvalue weighted by Crippen LogP contribution is -2.23. The summed E-state index contributed by atoms with van der Waals surface area (Å²) >= 11 is 0. The van der Waals surface area contributed by atoms with Crippen molar-refractivity contribution >= 4 is 0 Å². The number of nitrogens with zero attached hydrogens (tertiary/aromatic N) is 3. The summed E-state index contributed by atoms with van der Waals surface area (Å²) in [6, 6.07) is 9.66. The van der Waals surface area contributed by atoms with E-state index in [0.29, 0.717) is 12.2 Å². The summed E-state index contributed by atoms with van der Waals surface area (Å²) < 4.78 is 14.6. The van der Waals surface area contributed by atoms with Crippen LogP contribution in [0.15, 0.2) is 53.6 Å². The number of nitrogens with one attached hydrogen (secondary N) is 1. The van der Waals surface area contributed by atoms with Crippen LogP contribution in [0.2, 0.25) is 0 Å². The molecule has 3 aromatic rings. The molecule has 0 unspecified atom stereocenters. The van der Waals surface area contributed by atoms with Crippen LogP contribution in [0.4, 0.5) is 4.39 Å². The third-order valence-corrected chi connectivity index (χ3v) is 3.63. The fourth-order valence-electron chi connectivity index (χ4n) is 2.43. The molecule has 0 amide bonds. The van der Waals surface area contributed by atoms with Crippen molar-refractivity contribution in [1.29, 1.82) is 0 Å². The van der Waals surface area contributed by atoms with Crippen LogP contribution in [0, 0.1) is 5.82 Å². The third kappa shape index (κ3) is 2.81. The van der Waals surface area contributed by atoms with Crippen molar-refractivity contribution in [2.45, 2.75) is 19.4 Å². The lowest BCUT2D eigenvalue weighted by molar-refractivity contribution is 0.585. The molecule has 0 fully saturated rings. The fraction of sp³-hybridized carbons (Fsp3) is 0.188. The van der Waals surface area contributed by atoms with Gasteiger partial charge in [0.05, 0.1) is 6.04 Å². The van der Waals surface area contributed by atoms with Gasteiger partial charge in [-0.05, 0) is 42.3 Å². The molecule has 0 saturated carbocycles. The van der Waals surface area contributed by atoms with E-state index in [4.69, 9.17) is 0 Å². The molecule has 22 heavy (non-hydrogen) atoms. The zero-order chi connectivity index (χ0) is 15.5. The maximum absolute atomic E-state index is 13.0. The van der Waals surface area contributed by atoms with E-state index in [9.17, 15) is 9.18 Å². The first kappa shape index (κ1) is 14.2. The van der Waals surface area contributed by atoms with E-state index in [2.05, 4.69) is 15.2 Å². The molecule has 112 valence electrons. The average Bonchev–Trinajstić information content (AvgIpc) is 2.89. The summed E-state index contributed by atoms with van der Waals surface area (Å²) in [5.74, 6) is 0.334. The molecule has 0 aliphatic heterocycles. The van der Waals surface area contributed by atoms with Crippen LogP contribution in [0.5, 0.6) is 0 Å². The van der Waals surface area contributed by atoms with Crippen LogP contribution in [-0.2, 0) is 6.42 Å². The average molecular weight is 298 g/mol. The summed E-state index contributed by atoms with van der Waals surface area (Å²) in [6.45, 7) is 1.89. The molecule has 1 N–H and O–H groups in total. The molecule has 5 nitrogen and oxygen atoms in total. The summed E-state index contributed by atoms with van der Waals surface area (Å²) in [7, 11) is 0. The molecule has 0 spiro atoms. The minimum absolute atomic E-state index is 0.233. The molecule has 0 bridgehead atoms. The third-order valence-electron chi connectivity index (χ3n) is 3.63. The number of aromatic nitrogens is 4. The van der Waals surface area contributed by atoms with Gasteiger partial charge in [0.1, 0.15) is 11.6 Å². The number of hydrogen-bond donors (Lipinski definition) is 1. The van der Waals surface area contributed by atoms with Crippen molar-refractivity contribution in [1.82, 2.24) is 19.7 Å². The Kier molecular flexibility index (Phi) is 3.82. The predicted octanol–water partition coefficient (Wildman–Crippen LogP) is 2.31. The minimum atomic E-state index is -0.299. The minimum Gasteiger partial charge on any atom is -0.271 e. The molecular formula is C16H15FN4O. The van der Waals surface area contributed by atoms with E-state index in [1.54, 1.807) is 29.1 Å². The highest BCUT2D eigenvalue weighted by molar-refractivity contribution is 5.22. The van der Waals surface area contributed by atoms with Gasteiger partial charge in [-0.25, -0.2) is 14.3 Å². The van der Waals surface area contributed by atoms with Crippen LogP contribution in [0.25, 0.3) is 0 Å². The molecule has 6 heteroatoms. The van der Waals surface area contributed by atoms with E-state index in [-0.39, 0.29) is 17.5 Å². The van der Waals surface area contributed by atoms with Gasteiger partial charge in [-0.2, -0.15) is 5.10 Å². The monoisotopic (exact) mass is 298 g/mol. The van der Waals surface area contributed by atoms with E-state index in [1.807, 2.05) is 19.1 Å².